The van der Waals surface area contributed by atoms with Gasteiger partial charge in [-0.05, 0) is 97.0 Å². The Kier molecular flexibility index (Phi) is 9.97. The van der Waals surface area contributed by atoms with E-state index in [2.05, 4.69) is 28.4 Å². The number of nitrogens with zero attached hydrogens (tertiary/aromatic N) is 2. The highest BCUT2D eigenvalue weighted by Gasteiger charge is 2.31. The van der Waals surface area contributed by atoms with E-state index in [0.29, 0.717) is 44.0 Å². The second kappa shape index (κ2) is 14.6. The Morgan fingerprint density at radius 3 is 2.62 bits per heavy atom. The van der Waals surface area contributed by atoms with Gasteiger partial charge in [0, 0.05) is 31.8 Å². The number of rotatable bonds is 12. The number of methoxy groups -OCH3 is 1. The molecule has 0 radical (unpaired) electrons. The highest BCUT2D eigenvalue weighted by Crippen LogP contribution is 2.38. The third kappa shape index (κ3) is 7.49. The van der Waals surface area contributed by atoms with E-state index in [-0.39, 0.29) is 18.4 Å². The van der Waals surface area contributed by atoms with Crippen molar-refractivity contribution in [3.05, 3.63) is 77.9 Å². The number of aliphatic hydroxyl groups excluding tert-OH is 1. The fraction of sp³-hybridized carbons (Fsp3) is 0.389. The first-order valence-electron chi connectivity index (χ1n) is 15.8. The van der Waals surface area contributed by atoms with E-state index in [1.54, 1.807) is 7.11 Å². The minimum absolute atomic E-state index is 0.0271. The van der Waals surface area contributed by atoms with Crippen molar-refractivity contribution in [2.24, 2.45) is 10.9 Å². The summed E-state index contributed by atoms with van der Waals surface area (Å²) in [5.41, 5.74) is 6.65. The summed E-state index contributed by atoms with van der Waals surface area (Å²) in [6, 6.07) is 20.2. The predicted molar refractivity (Wildman–Crippen MR) is 176 cm³/mol. The van der Waals surface area contributed by atoms with Gasteiger partial charge in [-0.1, -0.05) is 12.1 Å². The van der Waals surface area contributed by atoms with Crippen LogP contribution in [0.4, 0.5) is 17.1 Å². The van der Waals surface area contributed by atoms with Gasteiger partial charge in [0.05, 0.1) is 56.5 Å². The van der Waals surface area contributed by atoms with E-state index in [0.717, 1.165) is 78.7 Å². The molecule has 2 heterocycles. The van der Waals surface area contributed by atoms with Crippen molar-refractivity contribution in [1.29, 1.82) is 0 Å². The lowest BCUT2D eigenvalue weighted by Crippen LogP contribution is -2.36. The smallest absolute Gasteiger partial charge is 0.233 e. The number of hydrogen-bond donors (Lipinski definition) is 2. The molecular formula is C36H41N3O6. The Morgan fingerprint density at radius 2 is 1.82 bits per heavy atom. The fourth-order valence-corrected chi connectivity index (χ4v) is 5.94. The van der Waals surface area contributed by atoms with Crippen LogP contribution < -0.4 is 24.4 Å². The molecule has 1 atom stereocenters. The van der Waals surface area contributed by atoms with Crippen molar-refractivity contribution >= 4 is 34.3 Å². The average Bonchev–Trinajstić information content (AvgIpc) is 3.22. The zero-order valence-corrected chi connectivity index (χ0v) is 25.8. The van der Waals surface area contributed by atoms with Crippen LogP contribution in [0.2, 0.25) is 0 Å². The molecule has 1 fully saturated rings. The number of allylic oxidation sites excluding steroid dienone is 2. The Balaban J connectivity index is 1.11. The maximum absolute atomic E-state index is 13.3. The normalized spacial score (nSPS) is 17.7. The van der Waals surface area contributed by atoms with Gasteiger partial charge in [-0.3, -0.25) is 9.79 Å². The van der Waals surface area contributed by atoms with Crippen LogP contribution in [-0.2, 0) is 16.0 Å². The molecule has 2 aliphatic heterocycles. The van der Waals surface area contributed by atoms with Gasteiger partial charge in [0.25, 0.3) is 0 Å². The van der Waals surface area contributed by atoms with Gasteiger partial charge in [0.1, 0.15) is 5.75 Å². The minimum Gasteiger partial charge on any atom is -0.493 e. The molecule has 9 nitrogen and oxygen atoms in total. The van der Waals surface area contributed by atoms with Gasteiger partial charge >= 0.3 is 0 Å². The highest BCUT2D eigenvalue weighted by atomic mass is 16.5. The number of fused-ring (bicyclic) bond motifs is 2. The van der Waals surface area contributed by atoms with Crippen molar-refractivity contribution in [2.75, 3.05) is 63.5 Å². The lowest BCUT2D eigenvalue weighted by molar-refractivity contribution is -0.118. The van der Waals surface area contributed by atoms with Gasteiger partial charge in [-0.15, -0.1) is 0 Å². The van der Waals surface area contributed by atoms with Gasteiger partial charge < -0.3 is 34.3 Å². The van der Waals surface area contributed by atoms with E-state index in [9.17, 15) is 4.79 Å². The van der Waals surface area contributed by atoms with E-state index < -0.39 is 0 Å². The third-order valence-electron chi connectivity index (χ3n) is 8.48. The minimum atomic E-state index is -0.301. The molecule has 0 bridgehead atoms. The van der Waals surface area contributed by atoms with Crippen LogP contribution in [-0.4, -0.2) is 70.0 Å². The Hall–Kier alpha value is -4.34. The van der Waals surface area contributed by atoms with Crippen LogP contribution in [0.1, 0.15) is 36.8 Å². The number of carbonyl (C=O) groups excluding carboxylic acids is 1. The molecule has 3 aliphatic rings. The Bertz CT molecular complexity index is 1540. The van der Waals surface area contributed by atoms with Gasteiger partial charge in [-0.2, -0.15) is 0 Å². The summed E-state index contributed by atoms with van der Waals surface area (Å²) in [6.45, 7) is 4.55. The third-order valence-corrected chi connectivity index (χ3v) is 8.48. The van der Waals surface area contributed by atoms with Crippen LogP contribution >= 0.6 is 0 Å². The molecule has 2 N–H and O–H groups in total. The second-order valence-electron chi connectivity index (χ2n) is 11.5. The highest BCUT2D eigenvalue weighted by molar-refractivity contribution is 6.19. The monoisotopic (exact) mass is 611 g/mol. The zero-order chi connectivity index (χ0) is 31.0. The summed E-state index contributed by atoms with van der Waals surface area (Å²) in [5, 5.41) is 12.1. The van der Waals surface area contributed by atoms with Gasteiger partial charge in [0.2, 0.25) is 5.91 Å². The van der Waals surface area contributed by atoms with E-state index in [4.69, 9.17) is 29.0 Å². The van der Waals surface area contributed by atoms with Gasteiger partial charge in [0.15, 0.2) is 11.5 Å². The summed E-state index contributed by atoms with van der Waals surface area (Å²) in [4.78, 5) is 20.6. The van der Waals surface area contributed by atoms with Crippen LogP contribution in [0.15, 0.2) is 71.7 Å². The van der Waals surface area contributed by atoms with Crippen molar-refractivity contribution < 1.29 is 28.8 Å². The number of benzene rings is 3. The van der Waals surface area contributed by atoms with Crippen molar-refractivity contribution in [2.45, 2.75) is 32.1 Å². The maximum atomic E-state index is 13.3. The SMILES string of the molecule is COc1cc(C2=CC3=Nc4ccc(CCOc5ccc(N6CCOCC6)cc5)cc4NC(=O)C3CC2)ccc1OCCCCO. The number of anilines is 2. The quantitative estimate of drug-likeness (QED) is 0.249. The standard InChI is InChI=1S/C36H41N3O6/c1-42-35-24-27(6-13-34(35)45-18-3-2-17-40)26-5-11-30-32(23-26)37-31-12-4-25(22-33(31)38-36(30)41)14-19-44-29-9-7-28(8-10-29)39-15-20-43-21-16-39/h4,6-10,12-13,22-24,30,40H,2-3,5,11,14-21H2,1H3,(H,38,41). The van der Waals surface area contributed by atoms with Crippen molar-refractivity contribution in [3.63, 3.8) is 0 Å². The zero-order valence-electron chi connectivity index (χ0n) is 25.8. The molecule has 236 valence electrons. The summed E-state index contributed by atoms with van der Waals surface area (Å²) < 4.78 is 23.0. The van der Waals surface area contributed by atoms with Crippen molar-refractivity contribution in [1.82, 2.24) is 0 Å². The van der Waals surface area contributed by atoms with Crippen LogP contribution in [0.3, 0.4) is 0 Å². The molecular weight excluding hydrogens is 570 g/mol. The van der Waals surface area contributed by atoms with E-state index >= 15 is 0 Å². The first-order valence-corrected chi connectivity index (χ1v) is 15.8. The predicted octanol–water partition coefficient (Wildman–Crippen LogP) is 5.82. The largest absolute Gasteiger partial charge is 0.493 e. The molecule has 3 aromatic carbocycles. The molecule has 1 aliphatic carbocycles. The van der Waals surface area contributed by atoms with E-state index in [1.165, 1.54) is 5.69 Å². The number of amides is 1. The number of aliphatic hydroxyl groups is 1. The number of ether oxygens (including phenoxy) is 4. The summed E-state index contributed by atoms with van der Waals surface area (Å²) >= 11 is 0. The fourth-order valence-electron chi connectivity index (χ4n) is 5.94. The number of morpholine rings is 1. The number of hydrogen-bond acceptors (Lipinski definition) is 8. The molecule has 1 amide bonds. The van der Waals surface area contributed by atoms with Crippen LogP contribution in [0.5, 0.6) is 17.2 Å². The molecule has 0 aromatic heterocycles. The van der Waals surface area contributed by atoms with E-state index in [1.807, 2.05) is 48.5 Å². The summed E-state index contributed by atoms with van der Waals surface area (Å²) in [5.74, 6) is 1.85. The topological polar surface area (TPSA) is 102 Å². The number of unbranched alkanes of at least 4 members (excludes halogenated alkanes) is 1. The molecule has 3 aromatic rings. The Labute approximate surface area is 264 Å². The second-order valence-corrected chi connectivity index (χ2v) is 11.5. The van der Waals surface area contributed by atoms with Crippen LogP contribution in [0.25, 0.3) is 5.57 Å². The first-order chi connectivity index (χ1) is 22.1. The summed E-state index contributed by atoms with van der Waals surface area (Å²) in [7, 11) is 1.63. The van der Waals surface area contributed by atoms with Gasteiger partial charge in [-0.25, -0.2) is 0 Å². The maximum Gasteiger partial charge on any atom is 0.233 e. The lowest BCUT2D eigenvalue weighted by Gasteiger charge is -2.28. The van der Waals surface area contributed by atoms with Crippen LogP contribution in [0, 0.1) is 5.92 Å². The molecule has 45 heavy (non-hydrogen) atoms. The van der Waals surface area contributed by atoms with Crippen molar-refractivity contribution in [3.8, 4) is 17.2 Å². The average molecular weight is 612 g/mol. The summed E-state index contributed by atoms with van der Waals surface area (Å²) in [6.07, 6.45) is 5.67. The Morgan fingerprint density at radius 1 is 0.978 bits per heavy atom. The molecule has 1 saturated heterocycles. The molecule has 0 spiro atoms. The lowest BCUT2D eigenvalue weighted by atomic mass is 9.84. The molecule has 9 heteroatoms. The first kappa shape index (κ1) is 30.7. The number of nitrogens with one attached hydrogen (secondary N) is 1. The number of carbonyl (C=O) groups is 1. The number of aliphatic imine (C=N–C) groups is 1. The molecule has 1 unspecified atom stereocenters. The molecule has 0 saturated carbocycles. The molecule has 6 rings (SSSR count).